The maximum absolute atomic E-state index is 2.97. The largest absolute Gasteiger partial charge is 0.310 e. The Morgan fingerprint density at radius 1 is 0.145 bits per heavy atom. The monoisotopic (exact) mass is 1850 g/mol. The molecule has 138 heavy (non-hydrogen) atoms. The molecule has 16 aromatic rings. The quantitative estimate of drug-likeness (QED) is 0.0557. The van der Waals surface area contributed by atoms with Crippen LogP contribution in [0.2, 0.25) is 0 Å². The Bertz CT molecular complexity index is 6380. The van der Waals surface area contributed by atoms with Gasteiger partial charge in [0, 0.05) is 45.5 Å². The highest BCUT2D eigenvalue weighted by molar-refractivity contribution is 7.20. The van der Waals surface area contributed by atoms with Crippen LogP contribution in [0, 0.1) is 138 Å². The number of anilines is 12. The van der Waals surface area contributed by atoms with Crippen LogP contribution < -0.4 is 61.1 Å². The van der Waals surface area contributed by atoms with Gasteiger partial charge < -0.3 is 19.6 Å². The van der Waals surface area contributed by atoms with E-state index in [0.29, 0.717) is 0 Å². The van der Waals surface area contributed by atoms with E-state index in [1.165, 1.54) is 221 Å². The molecule has 0 saturated carbocycles. The first-order valence-corrected chi connectivity index (χ1v) is 53.8. The van der Waals surface area contributed by atoms with Crippen molar-refractivity contribution in [2.24, 2.45) is 0 Å². The Morgan fingerprint density at radius 2 is 0.290 bits per heavy atom. The second kappa shape index (κ2) is 39.2. The van der Waals surface area contributed by atoms with E-state index in [9.17, 15) is 0 Å². The zero-order valence-corrected chi connectivity index (χ0v) is 90.8. The molecule has 16 aromatic carbocycles. The number of rotatable bonds is 20. The van der Waals surface area contributed by atoms with E-state index in [1.54, 1.807) is 0 Å². The molecule has 0 radical (unpaired) electrons. The number of nitrogens with zero attached hydrogens (tertiary/aromatic N) is 4. The zero-order chi connectivity index (χ0) is 99.5. The predicted octanol–water partition coefficient (Wildman–Crippen LogP) is 31.4. The lowest BCUT2D eigenvalue weighted by atomic mass is 9.85. The van der Waals surface area contributed by atoms with Crippen LogP contribution in [0.5, 0.6) is 0 Å². The van der Waals surface area contributed by atoms with E-state index in [0.717, 1.165) is 22.7 Å². The van der Waals surface area contributed by atoms with Gasteiger partial charge in [-0.25, -0.2) is 0 Å². The molecule has 0 N–H and O–H groups in total. The van der Waals surface area contributed by atoms with Crippen molar-refractivity contribution in [2.75, 3.05) is 19.6 Å². The molecule has 0 spiro atoms. The van der Waals surface area contributed by atoms with Gasteiger partial charge in [-0.3, -0.25) is 0 Å². The number of benzene rings is 16. The van der Waals surface area contributed by atoms with E-state index in [-0.39, 0.29) is 21.7 Å². The van der Waals surface area contributed by atoms with Crippen molar-refractivity contribution in [3.63, 3.8) is 0 Å². The van der Waals surface area contributed by atoms with Gasteiger partial charge in [-0.1, -0.05) is 370 Å². The highest BCUT2D eigenvalue weighted by Gasteiger charge is 2.45. The fourth-order valence-electron chi connectivity index (χ4n) is 21.8. The molecule has 0 aromatic heterocycles. The van der Waals surface area contributed by atoms with E-state index in [4.69, 9.17) is 0 Å². The van der Waals surface area contributed by atoms with E-state index in [2.05, 4.69) is 557 Å². The van der Waals surface area contributed by atoms with E-state index in [1.807, 2.05) is 0 Å². The molecule has 0 aliphatic carbocycles. The van der Waals surface area contributed by atoms with Crippen molar-refractivity contribution < 1.29 is 0 Å². The molecule has 0 saturated heterocycles. The Kier molecular flexibility index (Phi) is 28.3. The average molecular weight is 1850 g/mol. The highest BCUT2D eigenvalue weighted by Crippen LogP contribution is 2.48. The Hall–Kier alpha value is -12.8. The average Bonchev–Trinajstić information content (AvgIpc) is 0.711. The molecular formula is C132H148N4Si2. The molecule has 0 aliphatic heterocycles. The molecule has 0 unspecified atom stereocenters. The van der Waals surface area contributed by atoms with Gasteiger partial charge in [0.1, 0.15) is 0 Å². The van der Waals surface area contributed by atoms with Gasteiger partial charge in [-0.15, -0.1) is 0 Å². The van der Waals surface area contributed by atoms with Crippen LogP contribution >= 0.6 is 0 Å². The van der Waals surface area contributed by atoms with Gasteiger partial charge in [0.2, 0.25) is 0 Å². The van der Waals surface area contributed by atoms with Crippen LogP contribution in [-0.4, -0.2) is 16.1 Å². The molecule has 0 amide bonds. The summed E-state index contributed by atoms with van der Waals surface area (Å²) in [6.45, 7) is 72.3. The van der Waals surface area contributed by atoms with Crippen LogP contribution in [0.25, 0.3) is 0 Å². The first-order valence-electron chi connectivity index (χ1n) is 49.8. The molecule has 4 nitrogen and oxygen atoms in total. The lowest BCUT2D eigenvalue weighted by molar-refractivity contribution is 0.589. The lowest BCUT2D eigenvalue weighted by Gasteiger charge is -2.36. The minimum absolute atomic E-state index is 0.0454. The summed E-state index contributed by atoms with van der Waals surface area (Å²) in [5.74, 6) is 0. The van der Waals surface area contributed by atoms with Crippen LogP contribution in [0.1, 0.15) is 217 Å². The molecule has 0 fully saturated rings. The maximum atomic E-state index is 2.52. The second-order valence-electron chi connectivity index (χ2n) is 44.5. The van der Waals surface area contributed by atoms with Crippen molar-refractivity contribution in [1.82, 2.24) is 0 Å². The Morgan fingerprint density at radius 3 is 0.435 bits per heavy atom. The first kappa shape index (κ1) is 99.6. The maximum Gasteiger partial charge on any atom is 0.179 e. The fourth-order valence-corrected chi connectivity index (χ4v) is 31.1. The lowest BCUT2D eigenvalue weighted by Crippen LogP contribution is -2.74. The summed E-state index contributed by atoms with van der Waals surface area (Å²) < 4.78 is 0. The van der Waals surface area contributed by atoms with Crippen molar-refractivity contribution in [1.29, 1.82) is 0 Å². The third-order valence-electron chi connectivity index (χ3n) is 28.8. The highest BCUT2D eigenvalue weighted by atomic mass is 28.3. The van der Waals surface area contributed by atoms with Gasteiger partial charge in [0.25, 0.3) is 0 Å². The van der Waals surface area contributed by atoms with Crippen LogP contribution in [0.4, 0.5) is 68.2 Å². The summed E-state index contributed by atoms with van der Waals surface area (Å²) in [7, 11) is -5.91. The van der Waals surface area contributed by atoms with Crippen molar-refractivity contribution in [3.8, 4) is 0 Å². The molecule has 0 atom stereocenters. The first-order chi connectivity index (χ1) is 65.1. The summed E-state index contributed by atoms with van der Waals surface area (Å²) >= 11 is 0. The van der Waals surface area contributed by atoms with E-state index >= 15 is 0 Å². The van der Waals surface area contributed by atoms with Gasteiger partial charge in [0.15, 0.2) is 16.1 Å². The van der Waals surface area contributed by atoms with E-state index < -0.39 is 16.1 Å². The van der Waals surface area contributed by atoms with Crippen LogP contribution in [0.15, 0.2) is 315 Å². The Labute approximate surface area is 831 Å². The third-order valence-corrected chi connectivity index (χ3v) is 38.4. The van der Waals surface area contributed by atoms with Crippen LogP contribution in [-0.2, 0) is 21.7 Å². The smallest absolute Gasteiger partial charge is 0.179 e. The van der Waals surface area contributed by atoms with Crippen molar-refractivity contribution in [3.05, 3.63) is 449 Å². The summed E-state index contributed by atoms with van der Waals surface area (Å²) in [6.07, 6.45) is 0. The van der Waals surface area contributed by atoms with Crippen LogP contribution in [0.3, 0.4) is 0 Å². The predicted molar refractivity (Wildman–Crippen MR) is 608 cm³/mol. The molecule has 704 valence electrons. The molecular weight excluding hydrogens is 1700 g/mol. The summed E-state index contributed by atoms with van der Waals surface area (Å²) in [6, 6.07) is 123. The third kappa shape index (κ3) is 20.0. The number of hydrogen-bond acceptors (Lipinski definition) is 4. The Balaban J connectivity index is 0.000000211. The SMILES string of the molecule is Cc1ccc([Si](c2ccc(C)cc2)(c2ccc(N(c3c(C)cc(C)cc3C)c3c(C)cc(C)cc3C)cc2)c2ccc(N(c3c(C)cc(C)cc3C)c3c(C)cc(C)cc3C)cc2)cc1.Cc1ccc([Si](c2ccc(C)cc2)(c2ccc(N(c3ccc(C(C)(C)C)cc3C)c3ccc(C(C)(C)C)cc3C)cc2)c2ccc(N(c3ccc(C(C)(C)C)cc3C)c3ccc(C(C)(C)C)cc3C)cc2)cc1. The normalized spacial score (nSPS) is 12.1. The van der Waals surface area contributed by atoms with Gasteiger partial charge >= 0.3 is 0 Å². The summed E-state index contributed by atoms with van der Waals surface area (Å²) in [5, 5.41) is 10.8. The summed E-state index contributed by atoms with van der Waals surface area (Å²) in [5.41, 5.74) is 45.3. The molecule has 6 heteroatoms. The molecule has 0 heterocycles. The minimum Gasteiger partial charge on any atom is -0.310 e. The fraction of sp³-hybridized carbons (Fsp3) is 0.273. The topological polar surface area (TPSA) is 13.0 Å². The number of hydrogen-bond donors (Lipinski definition) is 0. The van der Waals surface area contributed by atoms with Gasteiger partial charge in [-0.2, -0.15) is 0 Å². The van der Waals surface area contributed by atoms with Gasteiger partial charge in [0.05, 0.1) is 22.7 Å². The summed E-state index contributed by atoms with van der Waals surface area (Å²) in [4.78, 5) is 10.0. The van der Waals surface area contributed by atoms with Gasteiger partial charge in [-0.05, 0) is 363 Å². The standard InChI is InChI=1S/C70H82N2Si.C62H66N2Si/c1-47-19-31-59(32-20-47)73(60-33-21-48(2)22-34-60,61-35-27-57(28-36-61)71(63-39-23-53(43-49(63)3)67(7,8)9)64-40-24-54(44-50(64)4)68(10,11)12)62-37-29-58(30-38-62)72(65-41-25-55(45-51(65)5)69(13,14)15)66-42-26-56(46-52(66)6)70(16,17)18;1-39-15-23-55(24-16-39)65(56-25-17-40(2)18-26-56,57-27-19-53(20-28-57)63(59-45(7)31-41(3)32-46(59)8)60-47(9)33-42(4)34-48(60)10)58-29-21-54(22-30-58)64(61-49(11)35-43(5)36-50(61)12)62-51(13)37-44(6)38-52(62)14/h19-46H,1-18H3;15-38H,1-14H3. The molecule has 16 rings (SSSR count). The molecule has 0 bridgehead atoms. The second-order valence-corrected chi connectivity index (χ2v) is 52.1. The minimum atomic E-state index is -2.97. The van der Waals surface area contributed by atoms with Crippen molar-refractivity contribution in [2.45, 2.75) is 243 Å². The molecule has 0 aliphatic rings. The van der Waals surface area contributed by atoms with Crippen molar-refractivity contribution >= 4 is 126 Å². The zero-order valence-electron chi connectivity index (χ0n) is 88.8. The number of aryl methyl sites for hydroxylation is 20.